The Balaban J connectivity index is 2.07. The highest BCUT2D eigenvalue weighted by Crippen LogP contribution is 2.26. The summed E-state index contributed by atoms with van der Waals surface area (Å²) in [5, 5.41) is 4.05. The molecule has 0 aliphatic carbocycles. The SMILES string of the molecule is COc1ccc(/C=N/Nc2ccc(S(=O)(=O)O)cc2)cc1OC. The van der Waals surface area contributed by atoms with E-state index in [-0.39, 0.29) is 4.90 Å². The highest BCUT2D eigenvalue weighted by molar-refractivity contribution is 7.85. The van der Waals surface area contributed by atoms with Gasteiger partial charge in [-0.25, -0.2) is 0 Å². The molecule has 0 spiro atoms. The van der Waals surface area contributed by atoms with Crippen LogP contribution in [-0.2, 0) is 10.1 Å². The lowest BCUT2D eigenvalue weighted by Crippen LogP contribution is -1.98. The molecule has 0 amide bonds. The Morgan fingerprint density at radius 3 is 2.26 bits per heavy atom. The average Bonchev–Trinajstić information content (AvgIpc) is 2.54. The minimum Gasteiger partial charge on any atom is -0.493 e. The third-order valence-electron chi connectivity index (χ3n) is 2.97. The van der Waals surface area contributed by atoms with Crippen molar-refractivity contribution in [3.05, 3.63) is 48.0 Å². The molecule has 23 heavy (non-hydrogen) atoms. The van der Waals surface area contributed by atoms with Crippen molar-refractivity contribution in [1.29, 1.82) is 0 Å². The van der Waals surface area contributed by atoms with Gasteiger partial charge in [0.05, 0.1) is 31.0 Å². The van der Waals surface area contributed by atoms with Crippen LogP contribution >= 0.6 is 0 Å². The van der Waals surface area contributed by atoms with Crippen LogP contribution in [0.1, 0.15) is 5.56 Å². The maximum Gasteiger partial charge on any atom is 0.294 e. The number of rotatable bonds is 6. The quantitative estimate of drug-likeness (QED) is 0.477. The van der Waals surface area contributed by atoms with Crippen molar-refractivity contribution >= 4 is 22.0 Å². The monoisotopic (exact) mass is 336 g/mol. The minimum absolute atomic E-state index is 0.174. The molecule has 2 N–H and O–H groups in total. The third-order valence-corrected chi connectivity index (χ3v) is 3.83. The van der Waals surface area contributed by atoms with Crippen molar-refractivity contribution in [3.8, 4) is 11.5 Å². The van der Waals surface area contributed by atoms with Gasteiger partial charge in [0.1, 0.15) is 0 Å². The van der Waals surface area contributed by atoms with E-state index in [9.17, 15) is 8.42 Å². The van der Waals surface area contributed by atoms with E-state index < -0.39 is 10.1 Å². The predicted molar refractivity (Wildman–Crippen MR) is 87.0 cm³/mol. The highest BCUT2D eigenvalue weighted by Gasteiger charge is 2.08. The molecule has 7 nitrogen and oxygen atoms in total. The van der Waals surface area contributed by atoms with E-state index in [1.807, 2.05) is 6.07 Å². The number of nitrogens with one attached hydrogen (secondary N) is 1. The molecule has 0 unspecified atom stereocenters. The zero-order chi connectivity index (χ0) is 16.9. The van der Waals surface area contributed by atoms with Crippen molar-refractivity contribution in [3.63, 3.8) is 0 Å². The number of ether oxygens (including phenoxy) is 2. The second kappa shape index (κ2) is 7.12. The summed E-state index contributed by atoms with van der Waals surface area (Å²) in [5.41, 5.74) is 4.13. The first-order valence-electron chi connectivity index (χ1n) is 6.52. The first-order valence-corrected chi connectivity index (χ1v) is 7.96. The molecule has 2 aromatic rings. The van der Waals surface area contributed by atoms with Gasteiger partial charge >= 0.3 is 0 Å². The lowest BCUT2D eigenvalue weighted by Gasteiger charge is -2.07. The van der Waals surface area contributed by atoms with E-state index in [1.165, 1.54) is 24.3 Å². The molecule has 2 rings (SSSR count). The lowest BCUT2D eigenvalue weighted by atomic mass is 10.2. The second-order valence-corrected chi connectivity index (χ2v) is 5.91. The maximum atomic E-state index is 10.9. The largest absolute Gasteiger partial charge is 0.493 e. The molecule has 0 atom stereocenters. The van der Waals surface area contributed by atoms with Crippen molar-refractivity contribution in [2.24, 2.45) is 5.10 Å². The summed E-state index contributed by atoms with van der Waals surface area (Å²) in [5.74, 6) is 1.22. The van der Waals surface area contributed by atoms with Gasteiger partial charge in [-0.2, -0.15) is 13.5 Å². The number of benzene rings is 2. The fourth-order valence-electron chi connectivity index (χ4n) is 1.82. The zero-order valence-corrected chi connectivity index (χ0v) is 13.4. The van der Waals surface area contributed by atoms with Gasteiger partial charge in [-0.15, -0.1) is 0 Å². The molecule has 0 saturated heterocycles. The van der Waals surface area contributed by atoms with Crippen molar-refractivity contribution in [1.82, 2.24) is 0 Å². The highest BCUT2D eigenvalue weighted by atomic mass is 32.2. The van der Waals surface area contributed by atoms with Crippen LogP contribution in [0, 0.1) is 0 Å². The van der Waals surface area contributed by atoms with E-state index in [1.54, 1.807) is 32.6 Å². The standard InChI is InChI=1S/C15H16N2O5S/c1-21-14-8-3-11(9-15(14)22-2)10-16-17-12-4-6-13(7-5-12)23(18,19)20/h3-10,17H,1-2H3,(H,18,19,20)/b16-10+. The normalized spacial score (nSPS) is 11.4. The van der Waals surface area contributed by atoms with Gasteiger partial charge in [0, 0.05) is 0 Å². The summed E-state index contributed by atoms with van der Waals surface area (Å²) < 4.78 is 41.1. The summed E-state index contributed by atoms with van der Waals surface area (Å²) in [4.78, 5) is -0.174. The van der Waals surface area contributed by atoms with Crippen LogP contribution in [0.25, 0.3) is 0 Å². The van der Waals surface area contributed by atoms with Crippen molar-refractivity contribution < 1.29 is 22.4 Å². The minimum atomic E-state index is -4.19. The topological polar surface area (TPSA) is 97.2 Å². The predicted octanol–water partition coefficient (Wildman–Crippen LogP) is 2.40. The van der Waals surface area contributed by atoms with E-state index in [0.29, 0.717) is 17.2 Å². The maximum absolute atomic E-state index is 10.9. The molecule has 0 bridgehead atoms. The van der Waals surface area contributed by atoms with Gasteiger partial charge in [0.2, 0.25) is 0 Å². The van der Waals surface area contributed by atoms with Gasteiger partial charge in [-0.05, 0) is 48.0 Å². The summed E-state index contributed by atoms with van der Waals surface area (Å²) in [6.45, 7) is 0. The van der Waals surface area contributed by atoms with Crippen LogP contribution in [0.15, 0.2) is 52.5 Å². The Morgan fingerprint density at radius 1 is 1.04 bits per heavy atom. The number of hydrogen-bond acceptors (Lipinski definition) is 6. The molecule has 0 heterocycles. The molecule has 0 radical (unpaired) electrons. The average molecular weight is 336 g/mol. The molecule has 0 aromatic heterocycles. The van der Waals surface area contributed by atoms with Gasteiger partial charge in [-0.3, -0.25) is 9.98 Å². The molecule has 8 heteroatoms. The Hall–Kier alpha value is -2.58. The van der Waals surface area contributed by atoms with Crippen molar-refractivity contribution in [2.45, 2.75) is 4.90 Å². The molecule has 0 aliphatic heterocycles. The van der Waals surface area contributed by atoms with Crippen LogP contribution < -0.4 is 14.9 Å². The van der Waals surface area contributed by atoms with E-state index in [0.717, 1.165) is 5.56 Å². The molecule has 122 valence electrons. The smallest absolute Gasteiger partial charge is 0.294 e. The first kappa shape index (κ1) is 16.8. The molecule has 0 aliphatic rings. The Bertz CT molecular complexity index is 801. The van der Waals surface area contributed by atoms with Crippen LogP contribution in [0.3, 0.4) is 0 Å². The first-order chi connectivity index (χ1) is 10.9. The molecule has 2 aromatic carbocycles. The number of nitrogens with zero attached hydrogens (tertiary/aromatic N) is 1. The Morgan fingerprint density at radius 2 is 1.70 bits per heavy atom. The molecule has 0 fully saturated rings. The number of anilines is 1. The molecule has 0 saturated carbocycles. The van der Waals surface area contributed by atoms with Gasteiger partial charge < -0.3 is 9.47 Å². The van der Waals surface area contributed by atoms with Crippen molar-refractivity contribution in [2.75, 3.05) is 19.6 Å². The van der Waals surface area contributed by atoms with Gasteiger partial charge in [0.15, 0.2) is 11.5 Å². The van der Waals surface area contributed by atoms with E-state index in [4.69, 9.17) is 14.0 Å². The van der Waals surface area contributed by atoms with Gasteiger partial charge in [-0.1, -0.05) is 0 Å². The van der Waals surface area contributed by atoms with Gasteiger partial charge in [0.25, 0.3) is 10.1 Å². The van der Waals surface area contributed by atoms with Crippen LogP contribution in [-0.4, -0.2) is 33.4 Å². The van der Waals surface area contributed by atoms with E-state index in [2.05, 4.69) is 10.5 Å². The summed E-state index contributed by atoms with van der Waals surface area (Å²) in [7, 11) is -1.08. The van der Waals surface area contributed by atoms with E-state index >= 15 is 0 Å². The fourth-order valence-corrected chi connectivity index (χ4v) is 2.30. The molecular weight excluding hydrogens is 320 g/mol. The summed E-state index contributed by atoms with van der Waals surface area (Å²) >= 11 is 0. The zero-order valence-electron chi connectivity index (χ0n) is 12.6. The summed E-state index contributed by atoms with van der Waals surface area (Å²) in [6.07, 6.45) is 1.58. The number of hydrogen-bond donors (Lipinski definition) is 2. The second-order valence-electron chi connectivity index (χ2n) is 4.48. The Labute approximate surface area is 134 Å². The van der Waals surface area contributed by atoms with Crippen LogP contribution in [0.4, 0.5) is 5.69 Å². The van der Waals surface area contributed by atoms with Crippen LogP contribution in [0.5, 0.6) is 11.5 Å². The number of hydrazone groups is 1. The summed E-state index contributed by atoms with van der Waals surface area (Å²) in [6, 6.07) is 10.9. The third kappa shape index (κ3) is 4.44. The van der Waals surface area contributed by atoms with Crippen LogP contribution in [0.2, 0.25) is 0 Å². The lowest BCUT2D eigenvalue weighted by molar-refractivity contribution is 0.355. The number of methoxy groups -OCH3 is 2. The Kier molecular flexibility index (Phi) is 5.20. The fraction of sp³-hybridized carbons (Fsp3) is 0.133. The molecular formula is C15H16N2O5S.